The molecule has 10 heteroatoms. The van der Waals surface area contributed by atoms with E-state index in [2.05, 4.69) is 25.5 Å². The summed E-state index contributed by atoms with van der Waals surface area (Å²) in [5, 5.41) is 16.4. The number of nitrogens with zero attached hydrogens (tertiary/aromatic N) is 3. The standard InChI is InChI=1S/C26H27ClFN5O3/c1-36-24-11-22-19(26(30-14-29-22)31-17-4-5-21(28)20(27)9-17)10-23(24)32-25(35)3-2-6-33-12-15-7-18(34)8-16(15)13-33/h2-5,9-11,14-16,18,34H,6-8,12-13H2,1H3,(H,32,35)(H,29,30,31)/b3-2+/t15-,16?,18?/m1/s1. The van der Waals surface area contributed by atoms with Crippen molar-refractivity contribution in [3.8, 4) is 5.75 Å². The van der Waals surface area contributed by atoms with E-state index in [-0.39, 0.29) is 17.0 Å². The van der Waals surface area contributed by atoms with Crippen molar-refractivity contribution in [2.24, 2.45) is 11.8 Å². The summed E-state index contributed by atoms with van der Waals surface area (Å²) in [6.07, 6.45) is 6.38. The summed E-state index contributed by atoms with van der Waals surface area (Å²) in [6, 6.07) is 7.75. The van der Waals surface area contributed by atoms with Gasteiger partial charge in [-0.15, -0.1) is 0 Å². The maximum atomic E-state index is 13.5. The van der Waals surface area contributed by atoms with Crippen molar-refractivity contribution in [3.05, 3.63) is 59.7 Å². The zero-order chi connectivity index (χ0) is 25.2. The number of fused-ring (bicyclic) bond motifs is 2. The minimum absolute atomic E-state index is 0.00509. The highest BCUT2D eigenvalue weighted by Crippen LogP contribution is 2.38. The van der Waals surface area contributed by atoms with Crippen molar-refractivity contribution in [3.63, 3.8) is 0 Å². The lowest BCUT2D eigenvalue weighted by atomic mass is 10.0. The molecule has 1 aliphatic heterocycles. The van der Waals surface area contributed by atoms with Gasteiger partial charge in [0.1, 0.15) is 23.7 Å². The number of amides is 1. The van der Waals surface area contributed by atoms with Crippen LogP contribution >= 0.6 is 11.6 Å². The van der Waals surface area contributed by atoms with E-state index < -0.39 is 5.82 Å². The lowest BCUT2D eigenvalue weighted by Gasteiger charge is -2.15. The molecule has 1 saturated heterocycles. The summed E-state index contributed by atoms with van der Waals surface area (Å²) in [4.78, 5) is 23.6. The molecule has 8 nitrogen and oxygen atoms in total. The Hall–Kier alpha value is -3.27. The molecule has 2 fully saturated rings. The predicted octanol–water partition coefficient (Wildman–Crippen LogP) is 4.37. The summed E-state index contributed by atoms with van der Waals surface area (Å²) in [6.45, 7) is 2.61. The molecule has 188 valence electrons. The highest BCUT2D eigenvalue weighted by molar-refractivity contribution is 6.31. The molecule has 0 bridgehead atoms. The Morgan fingerprint density at radius 3 is 2.75 bits per heavy atom. The molecule has 3 N–H and O–H groups in total. The van der Waals surface area contributed by atoms with Gasteiger partial charge in [-0.3, -0.25) is 9.69 Å². The van der Waals surface area contributed by atoms with Gasteiger partial charge in [-0.25, -0.2) is 14.4 Å². The van der Waals surface area contributed by atoms with E-state index in [1.54, 1.807) is 18.2 Å². The van der Waals surface area contributed by atoms with Crippen LogP contribution in [0.3, 0.4) is 0 Å². The summed E-state index contributed by atoms with van der Waals surface area (Å²) >= 11 is 5.90. The van der Waals surface area contributed by atoms with E-state index >= 15 is 0 Å². The molecule has 1 aliphatic carbocycles. The monoisotopic (exact) mass is 511 g/mol. The number of carbonyl (C=O) groups excluding carboxylic acids is 1. The Labute approximate surface area is 213 Å². The number of aromatic nitrogens is 2. The minimum Gasteiger partial charge on any atom is -0.494 e. The van der Waals surface area contributed by atoms with Crippen LogP contribution in [-0.2, 0) is 4.79 Å². The fraction of sp³-hybridized carbons (Fsp3) is 0.346. The van der Waals surface area contributed by atoms with Gasteiger partial charge in [-0.1, -0.05) is 17.7 Å². The second kappa shape index (κ2) is 10.4. The molecule has 36 heavy (non-hydrogen) atoms. The van der Waals surface area contributed by atoms with E-state index in [4.69, 9.17) is 16.3 Å². The van der Waals surface area contributed by atoms with E-state index in [9.17, 15) is 14.3 Å². The van der Waals surface area contributed by atoms with Crippen LogP contribution in [0, 0.1) is 17.7 Å². The van der Waals surface area contributed by atoms with E-state index in [1.807, 2.05) is 6.08 Å². The second-order valence-electron chi connectivity index (χ2n) is 9.30. The van der Waals surface area contributed by atoms with Gasteiger partial charge in [0.2, 0.25) is 5.91 Å². The number of methoxy groups -OCH3 is 1. The SMILES string of the molecule is COc1cc2ncnc(Nc3ccc(F)c(Cl)c3)c2cc1NC(=O)/C=C/CN1CC2CC(O)C[C@@H]2C1. The number of likely N-dealkylation sites (tertiary alicyclic amines) is 1. The molecular formula is C26H27ClFN5O3. The number of benzene rings is 2. The maximum Gasteiger partial charge on any atom is 0.248 e. The minimum atomic E-state index is -0.510. The van der Waals surface area contributed by atoms with E-state index in [1.165, 1.54) is 31.6 Å². The second-order valence-corrected chi connectivity index (χ2v) is 9.71. The first-order valence-corrected chi connectivity index (χ1v) is 12.2. The Morgan fingerprint density at radius 2 is 2.03 bits per heavy atom. The van der Waals surface area contributed by atoms with Crippen LogP contribution in [0.5, 0.6) is 5.75 Å². The largest absolute Gasteiger partial charge is 0.494 e. The van der Waals surface area contributed by atoms with E-state index in [0.29, 0.717) is 52.2 Å². The third kappa shape index (κ3) is 5.28. The van der Waals surface area contributed by atoms with Crippen LogP contribution in [0.25, 0.3) is 10.9 Å². The third-order valence-electron chi connectivity index (χ3n) is 6.83. The van der Waals surface area contributed by atoms with Gasteiger partial charge in [0.15, 0.2) is 0 Å². The number of ether oxygens (including phenoxy) is 1. The molecule has 0 radical (unpaired) electrons. The van der Waals surface area contributed by atoms with E-state index in [0.717, 1.165) is 25.9 Å². The molecule has 3 aromatic rings. The number of aliphatic hydroxyl groups is 1. The van der Waals surface area contributed by atoms with Crippen molar-refractivity contribution in [2.75, 3.05) is 37.4 Å². The van der Waals surface area contributed by atoms with Gasteiger partial charge in [0, 0.05) is 42.9 Å². The summed E-state index contributed by atoms with van der Waals surface area (Å²) < 4.78 is 19.0. The molecule has 1 amide bonds. The Morgan fingerprint density at radius 1 is 1.25 bits per heavy atom. The molecule has 2 unspecified atom stereocenters. The number of hydrogen-bond donors (Lipinski definition) is 3. The number of carbonyl (C=O) groups is 1. The summed E-state index contributed by atoms with van der Waals surface area (Å²) in [5.41, 5.74) is 1.64. The molecule has 2 heterocycles. The van der Waals surface area contributed by atoms with Crippen molar-refractivity contribution in [1.82, 2.24) is 14.9 Å². The number of aliphatic hydroxyl groups excluding tert-OH is 1. The fourth-order valence-corrected chi connectivity index (χ4v) is 5.34. The van der Waals surface area contributed by atoms with Crippen molar-refractivity contribution in [1.29, 1.82) is 0 Å². The van der Waals surface area contributed by atoms with Crippen LogP contribution in [0.2, 0.25) is 5.02 Å². The number of halogens is 2. The normalized spacial score (nSPS) is 21.7. The number of nitrogens with one attached hydrogen (secondary N) is 2. The van der Waals surface area contributed by atoms with Crippen LogP contribution in [-0.4, -0.2) is 58.7 Å². The highest BCUT2D eigenvalue weighted by Gasteiger charge is 2.39. The molecule has 1 aromatic heterocycles. The van der Waals surface area contributed by atoms with Crippen LogP contribution in [0.1, 0.15) is 12.8 Å². The molecule has 5 rings (SSSR count). The van der Waals surface area contributed by atoms with Crippen LogP contribution < -0.4 is 15.4 Å². The molecule has 2 aliphatic rings. The maximum absolute atomic E-state index is 13.5. The quantitative estimate of drug-likeness (QED) is 0.405. The lowest BCUT2D eigenvalue weighted by molar-refractivity contribution is -0.111. The first kappa shape index (κ1) is 24.4. The first-order chi connectivity index (χ1) is 17.4. The van der Waals surface area contributed by atoms with Crippen LogP contribution in [0.4, 0.5) is 21.6 Å². The average molecular weight is 512 g/mol. The molecular weight excluding hydrogens is 485 g/mol. The number of rotatable bonds is 7. The van der Waals surface area contributed by atoms with Crippen LogP contribution in [0.15, 0.2) is 48.8 Å². The highest BCUT2D eigenvalue weighted by atomic mass is 35.5. The number of anilines is 3. The van der Waals surface area contributed by atoms with Gasteiger partial charge in [-0.05, 0) is 48.9 Å². The fourth-order valence-electron chi connectivity index (χ4n) is 5.16. The summed E-state index contributed by atoms with van der Waals surface area (Å²) in [5.74, 6) is 1.26. The molecule has 2 aromatic carbocycles. The third-order valence-corrected chi connectivity index (χ3v) is 7.12. The average Bonchev–Trinajstić information content (AvgIpc) is 3.38. The van der Waals surface area contributed by atoms with Gasteiger partial charge in [0.25, 0.3) is 0 Å². The molecule has 3 atom stereocenters. The Balaban J connectivity index is 1.29. The Kier molecular flexibility index (Phi) is 7.04. The number of hydrogen-bond acceptors (Lipinski definition) is 7. The zero-order valence-corrected chi connectivity index (χ0v) is 20.5. The van der Waals surface area contributed by atoms with Gasteiger partial charge in [0.05, 0.1) is 29.4 Å². The van der Waals surface area contributed by atoms with Crippen molar-refractivity contribution >= 4 is 45.6 Å². The van der Waals surface area contributed by atoms with Gasteiger partial charge in [-0.2, -0.15) is 0 Å². The van der Waals surface area contributed by atoms with Gasteiger partial charge < -0.3 is 20.5 Å². The zero-order valence-electron chi connectivity index (χ0n) is 19.7. The first-order valence-electron chi connectivity index (χ1n) is 11.8. The predicted molar refractivity (Wildman–Crippen MR) is 137 cm³/mol. The van der Waals surface area contributed by atoms with Gasteiger partial charge >= 0.3 is 0 Å². The van der Waals surface area contributed by atoms with Crippen molar-refractivity contribution in [2.45, 2.75) is 18.9 Å². The Bertz CT molecular complexity index is 1310. The summed E-state index contributed by atoms with van der Waals surface area (Å²) in [7, 11) is 1.52. The topological polar surface area (TPSA) is 99.6 Å². The van der Waals surface area contributed by atoms with Crippen molar-refractivity contribution < 1.29 is 19.0 Å². The smallest absolute Gasteiger partial charge is 0.248 e. The lowest BCUT2D eigenvalue weighted by Crippen LogP contribution is -2.23. The molecule has 0 spiro atoms. The molecule has 1 saturated carbocycles.